The number of halogens is 3. The van der Waals surface area contributed by atoms with Gasteiger partial charge in [-0.25, -0.2) is 0 Å². The van der Waals surface area contributed by atoms with Crippen LogP contribution in [-0.2, 0) is 17.4 Å². The highest BCUT2D eigenvalue weighted by atomic mass is 19.4. The number of nitrogens with two attached hydrogens (primary N) is 1. The molecule has 0 radical (unpaired) electrons. The van der Waals surface area contributed by atoms with Crippen molar-refractivity contribution in [3.63, 3.8) is 0 Å². The van der Waals surface area contributed by atoms with Crippen molar-refractivity contribution in [3.8, 4) is 0 Å². The number of alkyl halides is 3. The average molecular weight is 341 g/mol. The van der Waals surface area contributed by atoms with Crippen molar-refractivity contribution in [3.05, 3.63) is 47.6 Å². The van der Waals surface area contributed by atoms with Gasteiger partial charge in [0.2, 0.25) is 5.91 Å². The lowest BCUT2D eigenvalue weighted by Gasteiger charge is -2.13. The Bertz CT molecular complexity index is 656. The molecule has 0 bridgehead atoms. The molecule has 1 aromatic heterocycles. The van der Waals surface area contributed by atoms with Gasteiger partial charge in [-0.3, -0.25) is 4.79 Å². The summed E-state index contributed by atoms with van der Waals surface area (Å²) < 4.78 is 41.2. The Morgan fingerprint density at radius 2 is 1.88 bits per heavy atom. The first kappa shape index (κ1) is 18.0. The second-order valence-electron chi connectivity index (χ2n) is 5.48. The van der Waals surface area contributed by atoms with E-state index in [0.29, 0.717) is 19.3 Å². The summed E-state index contributed by atoms with van der Waals surface area (Å²) in [5.74, 6) is -2.02. The van der Waals surface area contributed by atoms with Crippen LogP contribution in [0.4, 0.5) is 13.2 Å². The minimum Gasteiger partial charge on any atom is -0.369 e. The molecule has 5 nitrogen and oxygen atoms in total. The van der Waals surface area contributed by atoms with Crippen LogP contribution in [0.15, 0.2) is 34.9 Å². The molecule has 1 amide bonds. The van der Waals surface area contributed by atoms with Gasteiger partial charge in [-0.2, -0.15) is 18.2 Å². The number of benzene rings is 1. The lowest BCUT2D eigenvalue weighted by Crippen LogP contribution is -2.21. The topological polar surface area (TPSA) is 82.0 Å². The van der Waals surface area contributed by atoms with Gasteiger partial charge in [-0.15, -0.1) is 0 Å². The number of carbonyl (C=O) groups excluding carboxylic acids is 1. The SMILES string of the molecule is NC(=O)C(CCCCCc1noc(C(F)(F)F)n1)c1ccccc1. The molecule has 24 heavy (non-hydrogen) atoms. The fourth-order valence-corrected chi connectivity index (χ4v) is 2.44. The standard InChI is InChI=1S/C16H18F3N3O2/c17-16(18,19)15-21-13(22-24-15)10-6-2-5-9-12(14(20)23)11-7-3-1-4-8-11/h1,3-4,7-8,12H,2,5-6,9-10H2,(H2,20,23). The fourth-order valence-electron chi connectivity index (χ4n) is 2.44. The second kappa shape index (κ2) is 7.94. The molecule has 0 aliphatic carbocycles. The number of primary amides is 1. The molecule has 0 aliphatic rings. The maximum Gasteiger partial charge on any atom is 0.471 e. The Labute approximate surface area is 137 Å². The molecular weight excluding hydrogens is 323 g/mol. The van der Waals surface area contributed by atoms with Gasteiger partial charge in [0.1, 0.15) is 0 Å². The number of hydrogen-bond donors (Lipinski definition) is 1. The van der Waals surface area contributed by atoms with E-state index >= 15 is 0 Å². The molecule has 130 valence electrons. The zero-order valence-electron chi connectivity index (χ0n) is 12.9. The van der Waals surface area contributed by atoms with Crippen molar-refractivity contribution in [2.75, 3.05) is 0 Å². The quantitative estimate of drug-likeness (QED) is 0.746. The molecule has 0 saturated heterocycles. The maximum absolute atomic E-state index is 12.3. The summed E-state index contributed by atoms with van der Waals surface area (Å²) in [6.45, 7) is 0. The molecule has 1 aromatic carbocycles. The first-order chi connectivity index (χ1) is 11.4. The van der Waals surface area contributed by atoms with Gasteiger partial charge >= 0.3 is 12.1 Å². The Kier molecular flexibility index (Phi) is 5.94. The highest BCUT2D eigenvalue weighted by Crippen LogP contribution is 2.27. The van der Waals surface area contributed by atoms with Crippen molar-refractivity contribution >= 4 is 5.91 Å². The van der Waals surface area contributed by atoms with Crippen LogP contribution in [0.3, 0.4) is 0 Å². The lowest BCUT2D eigenvalue weighted by atomic mass is 9.92. The van der Waals surface area contributed by atoms with Crippen molar-refractivity contribution in [2.24, 2.45) is 5.73 Å². The predicted octanol–water partition coefficient (Wildman–Crippen LogP) is 3.46. The van der Waals surface area contributed by atoms with Crippen LogP contribution in [0.1, 0.15) is 48.9 Å². The number of aryl methyl sites for hydroxylation is 1. The van der Waals surface area contributed by atoms with Gasteiger partial charge in [0.25, 0.3) is 0 Å². The van der Waals surface area contributed by atoms with Crippen molar-refractivity contribution in [2.45, 2.75) is 44.2 Å². The monoisotopic (exact) mass is 341 g/mol. The van der Waals surface area contributed by atoms with Crippen LogP contribution in [0, 0.1) is 0 Å². The van der Waals surface area contributed by atoms with Crippen LogP contribution in [0.25, 0.3) is 0 Å². The van der Waals surface area contributed by atoms with E-state index in [1.807, 2.05) is 30.3 Å². The number of amides is 1. The summed E-state index contributed by atoms with van der Waals surface area (Å²) >= 11 is 0. The van der Waals surface area contributed by atoms with Gasteiger partial charge in [-0.05, 0) is 18.4 Å². The molecule has 2 rings (SSSR count). The summed E-state index contributed by atoms with van der Waals surface area (Å²) in [6.07, 6.45) is -1.66. The molecular formula is C16H18F3N3O2. The number of aromatic nitrogens is 2. The summed E-state index contributed by atoms with van der Waals surface area (Å²) in [7, 11) is 0. The number of rotatable bonds is 8. The summed E-state index contributed by atoms with van der Waals surface area (Å²) in [5, 5.41) is 3.31. The van der Waals surface area contributed by atoms with Crippen LogP contribution >= 0.6 is 0 Å². The van der Waals surface area contributed by atoms with Gasteiger partial charge < -0.3 is 10.3 Å². The third-order valence-corrected chi connectivity index (χ3v) is 3.65. The zero-order chi connectivity index (χ0) is 17.6. The maximum atomic E-state index is 12.3. The zero-order valence-corrected chi connectivity index (χ0v) is 12.9. The minimum absolute atomic E-state index is 0.0387. The largest absolute Gasteiger partial charge is 0.471 e. The van der Waals surface area contributed by atoms with E-state index in [9.17, 15) is 18.0 Å². The third-order valence-electron chi connectivity index (χ3n) is 3.65. The Morgan fingerprint density at radius 1 is 1.17 bits per heavy atom. The molecule has 2 aromatic rings. The van der Waals surface area contributed by atoms with Gasteiger partial charge in [-0.1, -0.05) is 48.3 Å². The van der Waals surface area contributed by atoms with E-state index in [1.54, 1.807) is 0 Å². The highest BCUT2D eigenvalue weighted by molar-refractivity contribution is 5.81. The lowest BCUT2D eigenvalue weighted by molar-refractivity contribution is -0.159. The third kappa shape index (κ3) is 5.07. The second-order valence-corrected chi connectivity index (χ2v) is 5.48. The molecule has 1 unspecified atom stereocenters. The molecule has 8 heteroatoms. The highest BCUT2D eigenvalue weighted by Gasteiger charge is 2.38. The summed E-state index contributed by atoms with van der Waals surface area (Å²) in [4.78, 5) is 14.9. The van der Waals surface area contributed by atoms with Gasteiger partial charge in [0.05, 0.1) is 5.92 Å². The molecule has 0 aliphatic heterocycles. The fraction of sp³-hybridized carbons (Fsp3) is 0.438. The normalized spacial score (nSPS) is 13.0. The molecule has 0 spiro atoms. The Balaban J connectivity index is 1.76. The summed E-state index contributed by atoms with van der Waals surface area (Å²) in [6, 6.07) is 9.27. The number of hydrogen-bond acceptors (Lipinski definition) is 4. The van der Waals surface area contributed by atoms with Crippen LogP contribution in [0.2, 0.25) is 0 Å². The predicted molar refractivity (Wildman–Crippen MR) is 79.8 cm³/mol. The van der Waals surface area contributed by atoms with Crippen molar-refractivity contribution in [1.82, 2.24) is 10.1 Å². The van der Waals surface area contributed by atoms with E-state index < -0.39 is 12.1 Å². The molecule has 1 heterocycles. The Hall–Kier alpha value is -2.38. The molecule has 0 fully saturated rings. The Morgan fingerprint density at radius 3 is 2.46 bits per heavy atom. The molecule has 2 N–H and O–H groups in total. The van der Waals surface area contributed by atoms with Crippen molar-refractivity contribution < 1.29 is 22.5 Å². The van der Waals surface area contributed by atoms with Crippen LogP contribution in [-0.4, -0.2) is 16.0 Å². The van der Waals surface area contributed by atoms with Gasteiger partial charge in [0, 0.05) is 6.42 Å². The number of unbranched alkanes of at least 4 members (excludes halogenated alkanes) is 2. The number of carbonyl (C=O) groups is 1. The molecule has 1 atom stereocenters. The first-order valence-electron chi connectivity index (χ1n) is 7.62. The van der Waals surface area contributed by atoms with E-state index in [-0.39, 0.29) is 17.6 Å². The summed E-state index contributed by atoms with van der Waals surface area (Å²) in [5.41, 5.74) is 6.31. The van der Waals surface area contributed by atoms with E-state index in [4.69, 9.17) is 5.73 Å². The van der Waals surface area contributed by atoms with Gasteiger partial charge in [0.15, 0.2) is 5.82 Å². The van der Waals surface area contributed by atoms with Crippen LogP contribution < -0.4 is 5.73 Å². The van der Waals surface area contributed by atoms with E-state index in [0.717, 1.165) is 18.4 Å². The van der Waals surface area contributed by atoms with Crippen molar-refractivity contribution in [1.29, 1.82) is 0 Å². The first-order valence-corrected chi connectivity index (χ1v) is 7.62. The smallest absolute Gasteiger partial charge is 0.369 e. The van der Waals surface area contributed by atoms with Crippen LogP contribution in [0.5, 0.6) is 0 Å². The van der Waals surface area contributed by atoms with E-state index in [2.05, 4.69) is 14.7 Å². The average Bonchev–Trinajstić information content (AvgIpc) is 3.00. The minimum atomic E-state index is -4.62. The van der Waals surface area contributed by atoms with E-state index in [1.165, 1.54) is 0 Å². The number of nitrogens with zero attached hydrogens (tertiary/aromatic N) is 2. The molecule has 0 saturated carbocycles.